The lowest BCUT2D eigenvalue weighted by atomic mass is 10.2. The Morgan fingerprint density at radius 3 is 2.67 bits per heavy atom. The SMILES string of the molecule is CC[C@H]1NC(=O)N(CCCCOC)C1=O. The summed E-state index contributed by atoms with van der Waals surface area (Å²) in [6, 6.07) is -0.579. The Labute approximate surface area is 89.8 Å². The van der Waals surface area contributed by atoms with Crippen molar-refractivity contribution in [2.75, 3.05) is 20.3 Å². The predicted molar refractivity (Wildman–Crippen MR) is 55.4 cm³/mol. The van der Waals surface area contributed by atoms with Gasteiger partial charge in [-0.05, 0) is 19.3 Å². The molecule has 1 N–H and O–H groups in total. The number of rotatable bonds is 6. The molecule has 15 heavy (non-hydrogen) atoms. The first-order valence-corrected chi connectivity index (χ1v) is 5.31. The standard InChI is InChI=1S/C10H18N2O3/c1-3-8-9(13)12(10(14)11-8)6-4-5-7-15-2/h8H,3-7H2,1-2H3,(H,11,14)/t8-/m1/s1. The third kappa shape index (κ3) is 2.92. The van der Waals surface area contributed by atoms with Crippen LogP contribution in [0, 0.1) is 0 Å². The van der Waals surface area contributed by atoms with Crippen LogP contribution in [0.15, 0.2) is 0 Å². The second-order valence-electron chi connectivity index (χ2n) is 3.60. The highest BCUT2D eigenvalue weighted by atomic mass is 16.5. The van der Waals surface area contributed by atoms with Gasteiger partial charge in [0.25, 0.3) is 5.91 Å². The van der Waals surface area contributed by atoms with Crippen LogP contribution in [-0.2, 0) is 9.53 Å². The monoisotopic (exact) mass is 214 g/mol. The number of unbranched alkanes of at least 4 members (excludes halogenated alkanes) is 1. The molecule has 0 spiro atoms. The van der Waals surface area contributed by atoms with Crippen LogP contribution in [-0.4, -0.2) is 43.1 Å². The fourth-order valence-electron chi connectivity index (χ4n) is 1.58. The van der Waals surface area contributed by atoms with Gasteiger partial charge in [0.2, 0.25) is 0 Å². The van der Waals surface area contributed by atoms with E-state index in [2.05, 4.69) is 5.32 Å². The summed E-state index contributed by atoms with van der Waals surface area (Å²) in [4.78, 5) is 24.3. The van der Waals surface area contributed by atoms with Crippen LogP contribution in [0.3, 0.4) is 0 Å². The number of imide groups is 1. The molecule has 1 heterocycles. The van der Waals surface area contributed by atoms with E-state index in [1.165, 1.54) is 4.90 Å². The van der Waals surface area contributed by atoms with Crippen LogP contribution in [0.4, 0.5) is 4.79 Å². The maximum Gasteiger partial charge on any atom is 0.324 e. The molecular formula is C10H18N2O3. The van der Waals surface area contributed by atoms with Crippen LogP contribution < -0.4 is 5.32 Å². The van der Waals surface area contributed by atoms with Gasteiger partial charge in [-0.15, -0.1) is 0 Å². The molecule has 5 nitrogen and oxygen atoms in total. The first-order valence-electron chi connectivity index (χ1n) is 5.31. The van der Waals surface area contributed by atoms with Gasteiger partial charge in [0.1, 0.15) is 6.04 Å². The molecule has 0 aromatic heterocycles. The van der Waals surface area contributed by atoms with Gasteiger partial charge in [-0.3, -0.25) is 9.69 Å². The largest absolute Gasteiger partial charge is 0.385 e. The number of nitrogens with one attached hydrogen (secondary N) is 1. The zero-order chi connectivity index (χ0) is 11.3. The number of carbonyl (C=O) groups excluding carboxylic acids is 2. The van der Waals surface area contributed by atoms with Crippen LogP contribution in [0.5, 0.6) is 0 Å². The van der Waals surface area contributed by atoms with Crippen molar-refractivity contribution in [1.82, 2.24) is 10.2 Å². The van der Waals surface area contributed by atoms with Gasteiger partial charge in [0.05, 0.1) is 0 Å². The van der Waals surface area contributed by atoms with Crippen molar-refractivity contribution in [2.45, 2.75) is 32.2 Å². The summed E-state index contributed by atoms with van der Waals surface area (Å²) >= 11 is 0. The molecule has 1 saturated heterocycles. The summed E-state index contributed by atoms with van der Waals surface area (Å²) in [6.07, 6.45) is 2.31. The molecule has 0 radical (unpaired) electrons. The highest BCUT2D eigenvalue weighted by molar-refractivity contribution is 6.04. The lowest BCUT2D eigenvalue weighted by molar-refractivity contribution is -0.127. The smallest absolute Gasteiger partial charge is 0.324 e. The number of nitrogens with zero attached hydrogens (tertiary/aromatic N) is 1. The van der Waals surface area contributed by atoms with Crippen molar-refractivity contribution in [2.24, 2.45) is 0 Å². The van der Waals surface area contributed by atoms with E-state index in [0.717, 1.165) is 12.8 Å². The number of urea groups is 1. The number of hydrogen-bond donors (Lipinski definition) is 1. The summed E-state index contributed by atoms with van der Waals surface area (Å²) in [5, 5.41) is 2.65. The Balaban J connectivity index is 2.34. The van der Waals surface area contributed by atoms with E-state index in [-0.39, 0.29) is 18.0 Å². The molecule has 5 heteroatoms. The molecule has 0 bridgehead atoms. The van der Waals surface area contributed by atoms with E-state index in [1.54, 1.807) is 7.11 Å². The molecule has 86 valence electrons. The number of ether oxygens (including phenoxy) is 1. The summed E-state index contributed by atoms with van der Waals surface area (Å²) in [5.41, 5.74) is 0. The van der Waals surface area contributed by atoms with E-state index in [0.29, 0.717) is 19.6 Å². The molecule has 0 saturated carbocycles. The fraction of sp³-hybridized carbons (Fsp3) is 0.800. The quantitative estimate of drug-likeness (QED) is 0.524. The third-order valence-corrected chi connectivity index (χ3v) is 2.50. The van der Waals surface area contributed by atoms with Crippen molar-refractivity contribution >= 4 is 11.9 Å². The number of carbonyl (C=O) groups is 2. The van der Waals surface area contributed by atoms with Gasteiger partial charge in [0.15, 0.2) is 0 Å². The summed E-state index contributed by atoms with van der Waals surface area (Å²) in [5.74, 6) is -0.0973. The zero-order valence-corrected chi connectivity index (χ0v) is 9.28. The lowest BCUT2D eigenvalue weighted by Gasteiger charge is -2.12. The second-order valence-corrected chi connectivity index (χ2v) is 3.60. The highest BCUT2D eigenvalue weighted by Gasteiger charge is 2.35. The van der Waals surface area contributed by atoms with E-state index in [1.807, 2.05) is 6.92 Å². The first-order chi connectivity index (χ1) is 7.20. The van der Waals surface area contributed by atoms with Crippen LogP contribution in [0.25, 0.3) is 0 Å². The molecule has 3 amide bonds. The molecule has 0 aliphatic carbocycles. The normalized spacial score (nSPS) is 20.9. The van der Waals surface area contributed by atoms with Crippen molar-refractivity contribution in [3.63, 3.8) is 0 Å². The van der Waals surface area contributed by atoms with E-state index >= 15 is 0 Å². The number of hydrogen-bond acceptors (Lipinski definition) is 3. The van der Waals surface area contributed by atoms with E-state index in [4.69, 9.17) is 4.74 Å². The van der Waals surface area contributed by atoms with Gasteiger partial charge in [-0.1, -0.05) is 6.92 Å². The Hall–Kier alpha value is -1.10. The maximum atomic E-state index is 11.6. The van der Waals surface area contributed by atoms with Gasteiger partial charge in [-0.2, -0.15) is 0 Å². The minimum absolute atomic E-state index is 0.0973. The molecular weight excluding hydrogens is 196 g/mol. The first kappa shape index (κ1) is 12.0. The van der Waals surface area contributed by atoms with Gasteiger partial charge in [0, 0.05) is 20.3 Å². The Kier molecular flexibility index (Phi) is 4.55. The van der Waals surface area contributed by atoms with Crippen molar-refractivity contribution in [1.29, 1.82) is 0 Å². The fourth-order valence-corrected chi connectivity index (χ4v) is 1.58. The Morgan fingerprint density at radius 1 is 1.40 bits per heavy atom. The van der Waals surface area contributed by atoms with Crippen LogP contribution in [0.1, 0.15) is 26.2 Å². The van der Waals surface area contributed by atoms with Crippen LogP contribution in [0.2, 0.25) is 0 Å². The summed E-state index contributed by atoms with van der Waals surface area (Å²) in [6.45, 7) is 3.04. The molecule has 1 atom stereocenters. The molecule has 0 aromatic rings. The molecule has 0 aromatic carbocycles. The van der Waals surface area contributed by atoms with Gasteiger partial charge < -0.3 is 10.1 Å². The average molecular weight is 214 g/mol. The number of amides is 3. The van der Waals surface area contributed by atoms with E-state index in [9.17, 15) is 9.59 Å². The Bertz CT molecular complexity index is 243. The minimum atomic E-state index is -0.320. The Morgan fingerprint density at radius 2 is 2.13 bits per heavy atom. The average Bonchev–Trinajstić information content (AvgIpc) is 2.50. The van der Waals surface area contributed by atoms with Crippen molar-refractivity contribution in [3.8, 4) is 0 Å². The highest BCUT2D eigenvalue weighted by Crippen LogP contribution is 2.10. The third-order valence-electron chi connectivity index (χ3n) is 2.50. The molecule has 1 aliphatic heterocycles. The van der Waals surface area contributed by atoms with Crippen molar-refractivity contribution < 1.29 is 14.3 Å². The minimum Gasteiger partial charge on any atom is -0.385 e. The zero-order valence-electron chi connectivity index (χ0n) is 9.28. The summed E-state index contributed by atoms with van der Waals surface area (Å²) in [7, 11) is 1.64. The summed E-state index contributed by atoms with van der Waals surface area (Å²) < 4.78 is 4.90. The second kappa shape index (κ2) is 5.70. The molecule has 1 fully saturated rings. The maximum absolute atomic E-state index is 11.6. The lowest BCUT2D eigenvalue weighted by Crippen LogP contribution is -2.32. The molecule has 1 rings (SSSR count). The van der Waals surface area contributed by atoms with Gasteiger partial charge >= 0.3 is 6.03 Å². The molecule has 0 unspecified atom stereocenters. The predicted octanol–water partition coefficient (Wildman–Crippen LogP) is 0.743. The van der Waals surface area contributed by atoms with Gasteiger partial charge in [-0.25, -0.2) is 4.79 Å². The van der Waals surface area contributed by atoms with Crippen LogP contribution >= 0.6 is 0 Å². The topological polar surface area (TPSA) is 58.6 Å². The van der Waals surface area contributed by atoms with Crippen molar-refractivity contribution in [3.05, 3.63) is 0 Å². The molecule has 1 aliphatic rings. The van der Waals surface area contributed by atoms with E-state index < -0.39 is 0 Å². The number of methoxy groups -OCH3 is 1.